The van der Waals surface area contributed by atoms with Gasteiger partial charge >= 0.3 is 0 Å². The summed E-state index contributed by atoms with van der Waals surface area (Å²) in [6.07, 6.45) is 0. The highest BCUT2D eigenvalue weighted by atomic mass is 32.1. The Morgan fingerprint density at radius 2 is 2.23 bits per heavy atom. The minimum Gasteiger partial charge on any atom is -0.329 e. The molecule has 3 heteroatoms. The summed E-state index contributed by atoms with van der Waals surface area (Å²) in [5.74, 6) is 0. The van der Waals surface area contributed by atoms with Gasteiger partial charge in [-0.1, -0.05) is 6.07 Å². The van der Waals surface area contributed by atoms with Crippen LogP contribution in [-0.4, -0.2) is 24.5 Å². The quantitative estimate of drug-likeness (QED) is 0.802. The smallest absolute Gasteiger partial charge is 0.0564 e. The number of hydrogen-bond acceptors (Lipinski definition) is 3. The van der Waals surface area contributed by atoms with E-state index in [1.54, 1.807) is 11.3 Å². The van der Waals surface area contributed by atoms with Crippen molar-refractivity contribution in [1.29, 1.82) is 0 Å². The molecule has 2 nitrogen and oxygen atoms in total. The van der Waals surface area contributed by atoms with E-state index in [1.165, 1.54) is 4.88 Å². The maximum Gasteiger partial charge on any atom is 0.0564 e. The van der Waals surface area contributed by atoms with Crippen molar-refractivity contribution in [3.05, 3.63) is 22.4 Å². The Hall–Kier alpha value is -0.380. The number of likely N-dealkylation sites (N-methyl/N-ethyl adjacent to an activating group) is 1. The van der Waals surface area contributed by atoms with Gasteiger partial charge in [0.15, 0.2) is 0 Å². The molecule has 0 aliphatic carbocycles. The van der Waals surface area contributed by atoms with E-state index in [4.69, 9.17) is 5.73 Å². The molecule has 0 bridgehead atoms. The second-order valence-electron chi connectivity index (χ2n) is 3.53. The van der Waals surface area contributed by atoms with Crippen LogP contribution in [0.3, 0.4) is 0 Å². The van der Waals surface area contributed by atoms with E-state index in [2.05, 4.69) is 43.3 Å². The standard InChI is InChI=1S/C10H18N2S/c1-8(2)12(3)9(7-11)10-5-4-6-13-10/h4-6,8-9H,7,11H2,1-3H3. The van der Waals surface area contributed by atoms with Crippen LogP contribution in [0.15, 0.2) is 17.5 Å². The molecule has 0 saturated carbocycles. The van der Waals surface area contributed by atoms with Crippen molar-refractivity contribution in [1.82, 2.24) is 4.90 Å². The first-order chi connectivity index (χ1) is 6.16. The van der Waals surface area contributed by atoms with Crippen molar-refractivity contribution in [2.75, 3.05) is 13.6 Å². The zero-order valence-electron chi connectivity index (χ0n) is 8.53. The van der Waals surface area contributed by atoms with Crippen LogP contribution in [-0.2, 0) is 0 Å². The van der Waals surface area contributed by atoms with Gasteiger partial charge in [0.25, 0.3) is 0 Å². The van der Waals surface area contributed by atoms with E-state index < -0.39 is 0 Å². The lowest BCUT2D eigenvalue weighted by Gasteiger charge is -2.29. The second kappa shape index (κ2) is 4.74. The topological polar surface area (TPSA) is 29.3 Å². The van der Waals surface area contributed by atoms with Gasteiger partial charge in [-0.2, -0.15) is 0 Å². The Bertz CT molecular complexity index is 231. The van der Waals surface area contributed by atoms with Gasteiger partial charge in [-0.3, -0.25) is 4.90 Å². The normalized spacial score (nSPS) is 14.0. The van der Waals surface area contributed by atoms with Crippen LogP contribution < -0.4 is 5.73 Å². The lowest BCUT2D eigenvalue weighted by Crippen LogP contribution is -2.34. The molecule has 0 aliphatic heterocycles. The summed E-state index contributed by atoms with van der Waals surface area (Å²) in [5, 5.41) is 2.10. The van der Waals surface area contributed by atoms with E-state index in [-0.39, 0.29) is 0 Å². The fourth-order valence-electron chi connectivity index (χ4n) is 1.32. The third kappa shape index (κ3) is 2.53. The molecule has 0 radical (unpaired) electrons. The molecular formula is C10H18N2S. The van der Waals surface area contributed by atoms with Crippen molar-refractivity contribution in [3.63, 3.8) is 0 Å². The number of thiophene rings is 1. The summed E-state index contributed by atoms with van der Waals surface area (Å²) in [5.41, 5.74) is 5.77. The molecular weight excluding hydrogens is 180 g/mol. The third-order valence-corrected chi connectivity index (χ3v) is 3.37. The van der Waals surface area contributed by atoms with Crippen LogP contribution in [0.4, 0.5) is 0 Å². The molecule has 1 rings (SSSR count). The lowest BCUT2D eigenvalue weighted by atomic mass is 10.2. The van der Waals surface area contributed by atoms with Gasteiger partial charge in [0.05, 0.1) is 6.04 Å². The largest absolute Gasteiger partial charge is 0.329 e. The Kier molecular flexibility index (Phi) is 3.90. The monoisotopic (exact) mass is 198 g/mol. The summed E-state index contributed by atoms with van der Waals surface area (Å²) < 4.78 is 0. The number of hydrogen-bond donors (Lipinski definition) is 1. The molecule has 13 heavy (non-hydrogen) atoms. The molecule has 0 aromatic carbocycles. The summed E-state index contributed by atoms with van der Waals surface area (Å²) in [7, 11) is 2.13. The minimum atomic E-state index is 0.375. The molecule has 2 N–H and O–H groups in total. The van der Waals surface area contributed by atoms with E-state index >= 15 is 0 Å². The van der Waals surface area contributed by atoms with Gasteiger partial charge in [0.2, 0.25) is 0 Å². The fraction of sp³-hybridized carbons (Fsp3) is 0.600. The van der Waals surface area contributed by atoms with Gasteiger partial charge < -0.3 is 5.73 Å². The zero-order chi connectivity index (χ0) is 9.84. The van der Waals surface area contributed by atoms with Crippen molar-refractivity contribution in [2.45, 2.75) is 25.9 Å². The van der Waals surface area contributed by atoms with Crippen LogP contribution >= 0.6 is 11.3 Å². The number of nitrogens with zero attached hydrogens (tertiary/aromatic N) is 1. The lowest BCUT2D eigenvalue weighted by molar-refractivity contribution is 0.204. The molecule has 0 amide bonds. The van der Waals surface area contributed by atoms with E-state index in [0.29, 0.717) is 18.6 Å². The van der Waals surface area contributed by atoms with Crippen molar-refractivity contribution in [3.8, 4) is 0 Å². The van der Waals surface area contributed by atoms with Crippen LogP contribution in [0.2, 0.25) is 0 Å². The number of nitrogens with two attached hydrogens (primary N) is 1. The minimum absolute atomic E-state index is 0.375. The average molecular weight is 198 g/mol. The van der Waals surface area contributed by atoms with Gasteiger partial charge in [-0.15, -0.1) is 11.3 Å². The highest BCUT2D eigenvalue weighted by molar-refractivity contribution is 7.10. The molecule has 0 saturated heterocycles. The molecule has 0 aliphatic rings. The summed E-state index contributed by atoms with van der Waals surface area (Å²) in [6.45, 7) is 5.07. The zero-order valence-corrected chi connectivity index (χ0v) is 9.34. The maximum absolute atomic E-state index is 5.77. The van der Waals surface area contributed by atoms with Crippen molar-refractivity contribution < 1.29 is 0 Å². The highest BCUT2D eigenvalue weighted by Gasteiger charge is 2.17. The van der Waals surface area contributed by atoms with Gasteiger partial charge in [0.1, 0.15) is 0 Å². The Morgan fingerprint density at radius 3 is 2.62 bits per heavy atom. The van der Waals surface area contributed by atoms with E-state index in [9.17, 15) is 0 Å². The first-order valence-corrected chi connectivity index (χ1v) is 5.50. The molecule has 1 aromatic heterocycles. The first-order valence-electron chi connectivity index (χ1n) is 4.62. The molecule has 1 unspecified atom stereocenters. The first kappa shape index (κ1) is 10.7. The van der Waals surface area contributed by atoms with Gasteiger partial charge in [-0.05, 0) is 32.3 Å². The predicted molar refractivity (Wildman–Crippen MR) is 59.0 cm³/mol. The average Bonchev–Trinajstić information content (AvgIpc) is 2.58. The molecule has 1 heterocycles. The molecule has 1 aromatic rings. The third-order valence-electron chi connectivity index (χ3n) is 2.40. The van der Waals surface area contributed by atoms with Gasteiger partial charge in [-0.25, -0.2) is 0 Å². The summed E-state index contributed by atoms with van der Waals surface area (Å²) in [6, 6.07) is 5.15. The van der Waals surface area contributed by atoms with Crippen molar-refractivity contribution >= 4 is 11.3 Å². The summed E-state index contributed by atoms with van der Waals surface area (Å²) in [4.78, 5) is 3.67. The van der Waals surface area contributed by atoms with Gasteiger partial charge in [0, 0.05) is 17.5 Å². The number of rotatable bonds is 4. The van der Waals surface area contributed by atoms with Crippen LogP contribution in [0.1, 0.15) is 24.8 Å². The van der Waals surface area contributed by atoms with Crippen LogP contribution in [0.5, 0.6) is 0 Å². The van der Waals surface area contributed by atoms with Crippen LogP contribution in [0, 0.1) is 0 Å². The molecule has 74 valence electrons. The Morgan fingerprint density at radius 1 is 1.54 bits per heavy atom. The maximum atomic E-state index is 5.77. The van der Waals surface area contributed by atoms with Crippen molar-refractivity contribution in [2.24, 2.45) is 5.73 Å². The molecule has 0 spiro atoms. The Labute approximate surface area is 84.4 Å². The molecule has 0 fully saturated rings. The summed E-state index contributed by atoms with van der Waals surface area (Å²) >= 11 is 1.78. The van der Waals surface area contributed by atoms with E-state index in [1.807, 2.05) is 0 Å². The van der Waals surface area contributed by atoms with E-state index in [0.717, 1.165) is 0 Å². The highest BCUT2D eigenvalue weighted by Crippen LogP contribution is 2.24. The SMILES string of the molecule is CC(C)N(C)C(CN)c1cccs1. The molecule has 1 atom stereocenters. The predicted octanol–water partition coefficient (Wildman–Crippen LogP) is 2.09. The Balaban J connectivity index is 2.74. The second-order valence-corrected chi connectivity index (χ2v) is 4.51. The van der Waals surface area contributed by atoms with Crippen LogP contribution in [0.25, 0.3) is 0 Å². The fourth-order valence-corrected chi connectivity index (χ4v) is 2.21.